The lowest BCUT2D eigenvalue weighted by atomic mass is 10.0. The van der Waals surface area contributed by atoms with E-state index < -0.39 is 0 Å². The van der Waals surface area contributed by atoms with Gasteiger partial charge in [0.1, 0.15) is 0 Å². The fraction of sp³-hybridized carbons (Fsp3) is 0.111. The Hall–Kier alpha value is -3.10. The molecule has 0 aliphatic heterocycles. The maximum Gasteiger partial charge on any atom is 0.0672 e. The Morgan fingerprint density at radius 3 is 1.97 bits per heavy atom. The number of aryl methyl sites for hydroxylation is 2. The minimum Gasteiger partial charge on any atom is -0.309 e. The highest BCUT2D eigenvalue weighted by molar-refractivity contribution is 7.26. The average molecular weight is 394 g/mol. The summed E-state index contributed by atoms with van der Waals surface area (Å²) in [5.41, 5.74) is 6.36. The van der Waals surface area contributed by atoms with Crippen LogP contribution in [0, 0.1) is 6.92 Å². The fourth-order valence-electron chi connectivity index (χ4n) is 4.07. The van der Waals surface area contributed by atoms with E-state index in [2.05, 4.69) is 110 Å². The number of rotatable bonds is 4. The molecule has 0 amide bonds. The summed E-state index contributed by atoms with van der Waals surface area (Å²) in [7, 11) is 0. The molecule has 0 aliphatic carbocycles. The second kappa shape index (κ2) is 7.38. The van der Waals surface area contributed by atoms with Crippen LogP contribution in [-0.2, 0) is 6.42 Å². The van der Waals surface area contributed by atoms with Gasteiger partial charge in [-0.2, -0.15) is 0 Å². The third kappa shape index (κ3) is 3.10. The van der Waals surface area contributed by atoms with E-state index in [0.717, 1.165) is 6.42 Å². The van der Waals surface area contributed by atoms with Crippen LogP contribution in [0.2, 0.25) is 0 Å². The molecule has 0 saturated heterocycles. The molecule has 1 heterocycles. The van der Waals surface area contributed by atoms with Crippen LogP contribution >= 0.6 is 11.3 Å². The van der Waals surface area contributed by atoms with Crippen molar-refractivity contribution < 1.29 is 0 Å². The molecule has 0 fully saturated rings. The standard InChI is InChI=1S/C27H23NS/c1-3-20-15-17-24-23-16-14-19(2)18-25(23)29-27(24)26(20)28(21-10-6-4-7-11-21)22-12-8-5-9-13-22/h4-18H,3H2,1-2H3. The monoisotopic (exact) mass is 393 g/mol. The lowest BCUT2D eigenvalue weighted by Gasteiger charge is -2.28. The molecule has 5 rings (SSSR count). The molecule has 1 nitrogen and oxygen atoms in total. The van der Waals surface area contributed by atoms with Crippen LogP contribution in [-0.4, -0.2) is 0 Å². The van der Waals surface area contributed by atoms with E-state index in [1.165, 1.54) is 48.4 Å². The Bertz CT molecular complexity index is 1250. The summed E-state index contributed by atoms with van der Waals surface area (Å²) in [5.74, 6) is 0. The summed E-state index contributed by atoms with van der Waals surface area (Å²) in [6.07, 6.45) is 0.995. The van der Waals surface area contributed by atoms with Gasteiger partial charge in [-0.3, -0.25) is 0 Å². The van der Waals surface area contributed by atoms with E-state index in [1.54, 1.807) is 0 Å². The van der Waals surface area contributed by atoms with E-state index in [0.29, 0.717) is 0 Å². The number of hydrogen-bond acceptors (Lipinski definition) is 2. The first-order valence-corrected chi connectivity index (χ1v) is 10.9. The molecule has 0 aliphatic rings. The van der Waals surface area contributed by atoms with Gasteiger partial charge in [-0.05, 0) is 54.8 Å². The average Bonchev–Trinajstić information content (AvgIpc) is 3.13. The molecule has 0 radical (unpaired) electrons. The molecule has 142 valence electrons. The highest BCUT2D eigenvalue weighted by Crippen LogP contribution is 2.46. The van der Waals surface area contributed by atoms with Crippen LogP contribution in [0.4, 0.5) is 17.1 Å². The van der Waals surface area contributed by atoms with Crippen molar-refractivity contribution in [2.75, 3.05) is 4.90 Å². The van der Waals surface area contributed by atoms with Gasteiger partial charge >= 0.3 is 0 Å². The van der Waals surface area contributed by atoms with Crippen LogP contribution in [0.15, 0.2) is 91.0 Å². The van der Waals surface area contributed by atoms with Gasteiger partial charge in [0.15, 0.2) is 0 Å². The quantitative estimate of drug-likeness (QED) is 0.296. The van der Waals surface area contributed by atoms with Crippen molar-refractivity contribution in [2.24, 2.45) is 0 Å². The number of fused-ring (bicyclic) bond motifs is 3. The molecule has 4 aromatic carbocycles. The van der Waals surface area contributed by atoms with Gasteiger partial charge < -0.3 is 4.90 Å². The zero-order valence-electron chi connectivity index (χ0n) is 16.7. The molecule has 0 N–H and O–H groups in total. The Kier molecular flexibility index (Phi) is 4.57. The van der Waals surface area contributed by atoms with Gasteiger partial charge in [0.05, 0.1) is 10.4 Å². The lowest BCUT2D eigenvalue weighted by molar-refractivity contribution is 1.12. The largest absolute Gasteiger partial charge is 0.309 e. The molecule has 29 heavy (non-hydrogen) atoms. The summed E-state index contributed by atoms with van der Waals surface area (Å²) >= 11 is 1.91. The number of nitrogens with zero attached hydrogens (tertiary/aromatic N) is 1. The first-order valence-electron chi connectivity index (χ1n) is 10.1. The highest BCUT2D eigenvalue weighted by Gasteiger charge is 2.20. The van der Waals surface area contributed by atoms with Gasteiger partial charge in [-0.15, -0.1) is 11.3 Å². The third-order valence-electron chi connectivity index (χ3n) is 5.49. The lowest BCUT2D eigenvalue weighted by Crippen LogP contribution is -2.12. The Labute approximate surface area is 175 Å². The zero-order valence-corrected chi connectivity index (χ0v) is 17.5. The maximum absolute atomic E-state index is 2.42. The van der Waals surface area contributed by atoms with E-state index in [9.17, 15) is 0 Å². The van der Waals surface area contributed by atoms with Crippen LogP contribution < -0.4 is 4.90 Å². The van der Waals surface area contributed by atoms with Crippen molar-refractivity contribution in [3.8, 4) is 0 Å². The van der Waals surface area contributed by atoms with E-state index in [-0.39, 0.29) is 0 Å². The van der Waals surface area contributed by atoms with Crippen LogP contribution in [0.3, 0.4) is 0 Å². The Morgan fingerprint density at radius 1 is 0.724 bits per heavy atom. The van der Waals surface area contributed by atoms with Crippen molar-refractivity contribution in [2.45, 2.75) is 20.3 Å². The molecule has 1 aromatic heterocycles. The number of para-hydroxylation sites is 2. The molecule has 0 spiro atoms. The van der Waals surface area contributed by atoms with Crippen molar-refractivity contribution in [1.82, 2.24) is 0 Å². The van der Waals surface area contributed by atoms with Gasteiger partial charge in [0, 0.05) is 26.8 Å². The third-order valence-corrected chi connectivity index (χ3v) is 6.66. The maximum atomic E-state index is 2.42. The minimum atomic E-state index is 0.995. The first-order chi connectivity index (χ1) is 14.3. The topological polar surface area (TPSA) is 3.24 Å². The van der Waals surface area contributed by atoms with Crippen LogP contribution in [0.5, 0.6) is 0 Å². The molecule has 0 unspecified atom stereocenters. The van der Waals surface area contributed by atoms with Crippen LogP contribution in [0.1, 0.15) is 18.1 Å². The second-order valence-electron chi connectivity index (χ2n) is 7.41. The zero-order chi connectivity index (χ0) is 19.8. The molecule has 0 atom stereocenters. The minimum absolute atomic E-state index is 0.995. The van der Waals surface area contributed by atoms with Crippen molar-refractivity contribution >= 4 is 48.6 Å². The molecular formula is C27H23NS. The van der Waals surface area contributed by atoms with Gasteiger partial charge in [0.2, 0.25) is 0 Å². The van der Waals surface area contributed by atoms with Crippen molar-refractivity contribution in [1.29, 1.82) is 0 Å². The first kappa shape index (κ1) is 18.0. The number of hydrogen-bond donors (Lipinski definition) is 0. The van der Waals surface area contributed by atoms with E-state index in [4.69, 9.17) is 0 Å². The summed E-state index contributed by atoms with van der Waals surface area (Å²) in [6.45, 7) is 4.42. The van der Waals surface area contributed by atoms with Crippen molar-refractivity contribution in [3.05, 3.63) is 102 Å². The predicted octanol–water partition coefficient (Wildman–Crippen LogP) is 8.40. The fourth-order valence-corrected chi connectivity index (χ4v) is 5.43. The number of benzene rings is 4. The highest BCUT2D eigenvalue weighted by atomic mass is 32.1. The number of thiophene rings is 1. The Morgan fingerprint density at radius 2 is 1.34 bits per heavy atom. The predicted molar refractivity (Wildman–Crippen MR) is 128 cm³/mol. The van der Waals surface area contributed by atoms with E-state index in [1.807, 2.05) is 11.3 Å². The Balaban J connectivity index is 1.88. The molecule has 0 bridgehead atoms. The molecular weight excluding hydrogens is 370 g/mol. The van der Waals surface area contributed by atoms with Crippen LogP contribution in [0.25, 0.3) is 20.2 Å². The normalized spacial score (nSPS) is 11.2. The summed E-state index contributed by atoms with van der Waals surface area (Å²) < 4.78 is 2.72. The smallest absolute Gasteiger partial charge is 0.0672 e. The molecule has 0 saturated carbocycles. The van der Waals surface area contributed by atoms with Gasteiger partial charge in [0.25, 0.3) is 0 Å². The second-order valence-corrected chi connectivity index (χ2v) is 8.46. The van der Waals surface area contributed by atoms with Gasteiger partial charge in [-0.25, -0.2) is 0 Å². The summed E-state index contributed by atoms with van der Waals surface area (Å²) in [6, 6.07) is 32.8. The summed E-state index contributed by atoms with van der Waals surface area (Å²) in [5, 5.41) is 2.69. The van der Waals surface area contributed by atoms with Gasteiger partial charge in [-0.1, -0.05) is 67.6 Å². The summed E-state index contributed by atoms with van der Waals surface area (Å²) in [4.78, 5) is 2.42. The van der Waals surface area contributed by atoms with E-state index >= 15 is 0 Å². The SMILES string of the molecule is CCc1ccc2c(sc3cc(C)ccc32)c1N(c1ccccc1)c1ccccc1. The number of anilines is 3. The molecule has 5 aromatic rings. The van der Waals surface area contributed by atoms with Crippen molar-refractivity contribution in [3.63, 3.8) is 0 Å². The molecule has 2 heteroatoms.